The maximum Gasteiger partial charge on any atom is 0.199 e. The number of nitrogens with one attached hydrogen (secondary N) is 1. The number of nitrogen functional groups attached to an aromatic ring is 1. The SMILES string of the molecule is Nc1nc2scnc2c(=S)[nH]1. The maximum atomic E-state index is 5.43. The second-order valence-corrected chi connectivity index (χ2v) is 3.20. The summed E-state index contributed by atoms with van der Waals surface area (Å²) in [6, 6.07) is 0. The van der Waals surface area contributed by atoms with Crippen LogP contribution in [0.3, 0.4) is 0 Å². The van der Waals surface area contributed by atoms with E-state index in [4.69, 9.17) is 18.0 Å². The molecule has 0 saturated heterocycles. The monoisotopic (exact) mass is 184 g/mol. The van der Waals surface area contributed by atoms with E-state index in [1.165, 1.54) is 11.3 Å². The van der Waals surface area contributed by atoms with E-state index in [9.17, 15) is 0 Å². The van der Waals surface area contributed by atoms with E-state index in [2.05, 4.69) is 15.0 Å². The summed E-state index contributed by atoms with van der Waals surface area (Å²) in [6.07, 6.45) is 0. The van der Waals surface area contributed by atoms with Crippen LogP contribution >= 0.6 is 23.6 Å². The molecule has 2 heterocycles. The van der Waals surface area contributed by atoms with Crippen molar-refractivity contribution in [3.05, 3.63) is 10.2 Å². The highest BCUT2D eigenvalue weighted by Crippen LogP contribution is 2.15. The Balaban J connectivity index is 3.02. The van der Waals surface area contributed by atoms with Crippen molar-refractivity contribution < 1.29 is 0 Å². The molecule has 0 bridgehead atoms. The van der Waals surface area contributed by atoms with Crippen LogP contribution in [0, 0.1) is 4.64 Å². The zero-order valence-corrected chi connectivity index (χ0v) is 7.00. The van der Waals surface area contributed by atoms with Gasteiger partial charge in [0.2, 0.25) is 0 Å². The molecule has 2 aromatic heterocycles. The van der Waals surface area contributed by atoms with E-state index >= 15 is 0 Å². The van der Waals surface area contributed by atoms with E-state index in [-0.39, 0.29) is 0 Å². The van der Waals surface area contributed by atoms with Crippen molar-refractivity contribution in [2.24, 2.45) is 0 Å². The highest BCUT2D eigenvalue weighted by molar-refractivity contribution is 7.71. The first-order valence-corrected chi connectivity index (χ1v) is 4.15. The number of anilines is 1. The van der Waals surface area contributed by atoms with Gasteiger partial charge in [-0.3, -0.25) is 0 Å². The van der Waals surface area contributed by atoms with Crippen LogP contribution in [0.5, 0.6) is 0 Å². The molecule has 0 radical (unpaired) electrons. The molecule has 56 valence electrons. The molecule has 0 atom stereocenters. The highest BCUT2D eigenvalue weighted by atomic mass is 32.1. The number of hydrogen-bond donors (Lipinski definition) is 2. The van der Waals surface area contributed by atoms with Gasteiger partial charge in [0.15, 0.2) is 5.95 Å². The van der Waals surface area contributed by atoms with Crippen LogP contribution in [0.4, 0.5) is 5.95 Å². The van der Waals surface area contributed by atoms with E-state index < -0.39 is 0 Å². The van der Waals surface area contributed by atoms with Crippen molar-refractivity contribution in [3.63, 3.8) is 0 Å². The van der Waals surface area contributed by atoms with Gasteiger partial charge in [-0.15, -0.1) is 11.3 Å². The van der Waals surface area contributed by atoms with Gasteiger partial charge in [0, 0.05) is 0 Å². The Hall–Kier alpha value is -1.01. The Bertz CT molecular complexity index is 443. The van der Waals surface area contributed by atoms with Gasteiger partial charge in [-0.05, 0) is 0 Å². The second kappa shape index (κ2) is 2.24. The molecular formula is C5H4N4S2. The predicted octanol–water partition coefficient (Wildman–Crippen LogP) is 1.33. The standard InChI is InChI=1S/C5H4N4S2/c6-5-8-3(10)2-4(9-5)11-1-7-2/h1H,(H3,6,8,9,10). The van der Waals surface area contributed by atoms with Crippen molar-refractivity contribution in [2.45, 2.75) is 0 Å². The molecular weight excluding hydrogens is 180 g/mol. The minimum absolute atomic E-state index is 0.340. The zero-order chi connectivity index (χ0) is 7.84. The molecule has 0 spiro atoms. The lowest BCUT2D eigenvalue weighted by Gasteiger charge is -1.90. The molecule has 0 aromatic carbocycles. The summed E-state index contributed by atoms with van der Waals surface area (Å²) in [5.41, 5.74) is 7.85. The molecule has 2 rings (SSSR count). The lowest BCUT2D eigenvalue weighted by molar-refractivity contribution is 1.22. The number of aromatic amines is 1. The van der Waals surface area contributed by atoms with Gasteiger partial charge in [-0.2, -0.15) is 0 Å². The van der Waals surface area contributed by atoms with E-state index in [1.807, 2.05) is 0 Å². The van der Waals surface area contributed by atoms with Gasteiger partial charge in [-0.1, -0.05) is 12.2 Å². The Morgan fingerprint density at radius 3 is 3.27 bits per heavy atom. The maximum absolute atomic E-state index is 5.43. The van der Waals surface area contributed by atoms with Crippen LogP contribution in [-0.2, 0) is 0 Å². The molecule has 3 N–H and O–H groups in total. The Kier molecular flexibility index (Phi) is 1.36. The molecule has 2 aromatic rings. The average Bonchev–Trinajstić information content (AvgIpc) is 2.34. The molecule has 6 heteroatoms. The normalized spacial score (nSPS) is 10.5. The minimum atomic E-state index is 0.340. The summed E-state index contributed by atoms with van der Waals surface area (Å²) in [7, 11) is 0. The van der Waals surface area contributed by atoms with Gasteiger partial charge in [0.05, 0.1) is 5.51 Å². The molecule has 11 heavy (non-hydrogen) atoms. The lowest BCUT2D eigenvalue weighted by Crippen LogP contribution is -1.93. The molecule has 0 unspecified atom stereocenters. The van der Waals surface area contributed by atoms with Gasteiger partial charge in [0.1, 0.15) is 15.0 Å². The van der Waals surface area contributed by atoms with Gasteiger partial charge < -0.3 is 10.7 Å². The van der Waals surface area contributed by atoms with E-state index in [0.29, 0.717) is 10.6 Å². The minimum Gasteiger partial charge on any atom is -0.369 e. The first-order valence-electron chi connectivity index (χ1n) is 2.86. The number of hydrogen-bond acceptors (Lipinski definition) is 5. The third-order valence-corrected chi connectivity index (χ3v) is 2.24. The van der Waals surface area contributed by atoms with Crippen molar-refractivity contribution >= 4 is 39.9 Å². The van der Waals surface area contributed by atoms with Gasteiger partial charge >= 0.3 is 0 Å². The number of H-pyrrole nitrogens is 1. The number of nitrogens with two attached hydrogens (primary N) is 1. The number of fused-ring (bicyclic) bond motifs is 1. The number of rotatable bonds is 0. The van der Waals surface area contributed by atoms with Crippen molar-refractivity contribution in [2.75, 3.05) is 5.73 Å². The fraction of sp³-hybridized carbons (Fsp3) is 0. The van der Waals surface area contributed by atoms with Crippen molar-refractivity contribution in [3.8, 4) is 0 Å². The molecule has 0 aliphatic heterocycles. The number of nitrogens with zero attached hydrogens (tertiary/aromatic N) is 2. The van der Waals surface area contributed by atoms with Gasteiger partial charge in [0.25, 0.3) is 0 Å². The van der Waals surface area contributed by atoms with Crippen LogP contribution in [0.2, 0.25) is 0 Å². The third-order valence-electron chi connectivity index (χ3n) is 1.23. The van der Waals surface area contributed by atoms with Crippen LogP contribution in [-0.4, -0.2) is 15.0 Å². The van der Waals surface area contributed by atoms with Crippen LogP contribution in [0.25, 0.3) is 10.3 Å². The molecule has 0 aliphatic carbocycles. The summed E-state index contributed by atoms with van der Waals surface area (Å²) in [6.45, 7) is 0. The summed E-state index contributed by atoms with van der Waals surface area (Å²) >= 11 is 6.39. The van der Waals surface area contributed by atoms with E-state index in [1.54, 1.807) is 5.51 Å². The van der Waals surface area contributed by atoms with Crippen LogP contribution < -0.4 is 5.73 Å². The van der Waals surface area contributed by atoms with Crippen LogP contribution in [0.15, 0.2) is 5.51 Å². The van der Waals surface area contributed by atoms with Crippen molar-refractivity contribution in [1.82, 2.24) is 15.0 Å². The zero-order valence-electron chi connectivity index (χ0n) is 5.37. The number of aromatic nitrogens is 3. The third kappa shape index (κ3) is 0.997. The Morgan fingerprint density at radius 1 is 1.64 bits per heavy atom. The smallest absolute Gasteiger partial charge is 0.199 e. The van der Waals surface area contributed by atoms with Crippen molar-refractivity contribution in [1.29, 1.82) is 0 Å². The lowest BCUT2D eigenvalue weighted by atomic mass is 10.6. The Labute approximate surface area is 71.1 Å². The number of thiazole rings is 1. The second-order valence-electron chi connectivity index (χ2n) is 1.96. The largest absolute Gasteiger partial charge is 0.369 e. The fourth-order valence-electron chi connectivity index (χ4n) is 0.788. The first-order chi connectivity index (χ1) is 5.27. The first kappa shape index (κ1) is 6.68. The quantitative estimate of drug-likeness (QED) is 0.606. The molecule has 0 saturated carbocycles. The molecule has 0 fully saturated rings. The molecule has 0 aliphatic rings. The predicted molar refractivity (Wildman–Crippen MR) is 47.0 cm³/mol. The summed E-state index contributed by atoms with van der Waals surface area (Å²) in [5.74, 6) is 0.340. The van der Waals surface area contributed by atoms with E-state index in [0.717, 1.165) is 10.3 Å². The summed E-state index contributed by atoms with van der Waals surface area (Å²) < 4.78 is 0.550. The summed E-state index contributed by atoms with van der Waals surface area (Å²) in [5, 5.41) is 0. The Morgan fingerprint density at radius 2 is 2.45 bits per heavy atom. The summed E-state index contributed by atoms with van der Waals surface area (Å²) in [4.78, 5) is 11.5. The fourth-order valence-corrected chi connectivity index (χ4v) is 1.78. The van der Waals surface area contributed by atoms with Gasteiger partial charge in [-0.25, -0.2) is 9.97 Å². The molecule has 4 nitrogen and oxygen atoms in total. The average molecular weight is 184 g/mol. The highest BCUT2D eigenvalue weighted by Gasteiger charge is 1.99. The molecule has 0 amide bonds. The van der Waals surface area contributed by atoms with Crippen LogP contribution in [0.1, 0.15) is 0 Å². The topological polar surface area (TPSA) is 67.6 Å².